The van der Waals surface area contributed by atoms with Gasteiger partial charge in [0.05, 0.1) is 9.82 Å². The third-order valence-electron chi connectivity index (χ3n) is 15.0. The summed E-state index contributed by atoms with van der Waals surface area (Å²) >= 11 is 7.95. The third-order valence-corrected chi connectivity index (χ3v) is 17.8. The molecule has 0 radical (unpaired) electrons. The van der Waals surface area contributed by atoms with Crippen LogP contribution in [-0.2, 0) is 19.6 Å². The molecule has 1 aliphatic carbocycles. The summed E-state index contributed by atoms with van der Waals surface area (Å²) in [7, 11) is -4.50. The number of benzene rings is 4. The molecule has 2 unspecified atom stereocenters. The van der Waals surface area contributed by atoms with Crippen LogP contribution in [0, 0.1) is 15.5 Å². The van der Waals surface area contributed by atoms with E-state index < -0.39 is 37.0 Å². The molecule has 8 rings (SSSR count). The molecular formula is C57H74ClN9O8S2. The lowest BCUT2D eigenvalue weighted by molar-refractivity contribution is -0.384. The number of halogens is 1. The topological polar surface area (TPSA) is 181 Å². The second-order valence-corrected chi connectivity index (χ2v) is 25.3. The minimum absolute atomic E-state index is 0.0529. The summed E-state index contributed by atoms with van der Waals surface area (Å²) in [6.07, 6.45) is 3.40. The number of rotatable bonds is 18. The van der Waals surface area contributed by atoms with Crippen LogP contribution in [0.1, 0.15) is 76.2 Å². The summed E-state index contributed by atoms with van der Waals surface area (Å²) in [4.78, 5) is 63.8. The van der Waals surface area contributed by atoms with E-state index in [1.165, 1.54) is 28.8 Å². The number of nitro groups is 1. The van der Waals surface area contributed by atoms with Crippen molar-refractivity contribution in [2.24, 2.45) is 5.41 Å². The summed E-state index contributed by atoms with van der Waals surface area (Å²) < 4.78 is 35.1. The van der Waals surface area contributed by atoms with Crippen molar-refractivity contribution in [1.82, 2.24) is 29.2 Å². The number of allylic oxidation sites excluding steroid dienone is 1. The number of thioether (sulfide) groups is 1. The van der Waals surface area contributed by atoms with Gasteiger partial charge < -0.3 is 24.8 Å². The molecule has 17 nitrogen and oxygen atoms in total. The molecule has 2 N–H and O–H groups in total. The van der Waals surface area contributed by atoms with Crippen LogP contribution in [0.5, 0.6) is 0 Å². The first-order valence-electron chi connectivity index (χ1n) is 26.7. The Labute approximate surface area is 463 Å². The quantitative estimate of drug-likeness (QED) is 0.0548. The van der Waals surface area contributed by atoms with E-state index in [1.807, 2.05) is 85.2 Å². The second-order valence-electron chi connectivity index (χ2n) is 22.1. The summed E-state index contributed by atoms with van der Waals surface area (Å²) in [6.45, 7) is 21.0. The first-order chi connectivity index (χ1) is 36.7. The number of piperazine rings is 3. The molecule has 0 spiro atoms. The summed E-state index contributed by atoms with van der Waals surface area (Å²) in [6, 6.07) is 28.3. The van der Waals surface area contributed by atoms with Gasteiger partial charge in [-0.1, -0.05) is 54.4 Å². The van der Waals surface area contributed by atoms with Crippen LogP contribution >= 0.6 is 23.4 Å². The standard InChI is InChI=1S/C57H74ClN9O8S2/c1-42(68)64-31-25-61(26-32-64)24-22-47(40-76-49-9-7-6-8-10-49)59-52-20-19-50(37-53(52)67(71)72)77(73,74)60-54(69)44-13-17-48(18-14-44)65-33-27-62(28-34-65)39-45-38-57(5,23-21-51(45)43-11-15-46(58)16-12-43)41-63-29-35-66(36-30-63)55(70)75-56(2,3)4/h6-20,37,47,59H,21-36,38-41H2,1-5H3,(H,60,69). The van der Waals surface area contributed by atoms with Gasteiger partial charge in [-0.15, -0.1) is 11.8 Å². The number of nitrogens with zero attached hydrogens (tertiary/aromatic N) is 7. The average molecular weight is 1110 g/mol. The molecule has 0 saturated carbocycles. The van der Waals surface area contributed by atoms with Crippen LogP contribution in [-0.4, -0.2) is 171 Å². The van der Waals surface area contributed by atoms with E-state index in [1.54, 1.807) is 30.8 Å². The molecule has 3 saturated heterocycles. The molecule has 4 aromatic carbocycles. The van der Waals surface area contributed by atoms with Crippen LogP contribution in [0.2, 0.25) is 5.02 Å². The molecule has 3 fully saturated rings. The van der Waals surface area contributed by atoms with Crippen molar-refractivity contribution in [2.45, 2.75) is 81.7 Å². The van der Waals surface area contributed by atoms with Crippen LogP contribution in [0.3, 0.4) is 0 Å². The molecule has 0 bridgehead atoms. The molecule has 3 amide bonds. The molecule has 0 aromatic heterocycles. The fraction of sp³-hybridized carbons (Fsp3) is 0.491. The van der Waals surface area contributed by atoms with Gasteiger partial charge in [0, 0.05) is 144 Å². The summed E-state index contributed by atoms with van der Waals surface area (Å²) in [5, 5.41) is 16.5. The highest BCUT2D eigenvalue weighted by atomic mass is 35.5. The molecule has 20 heteroatoms. The highest BCUT2D eigenvalue weighted by Crippen LogP contribution is 2.44. The molecule has 4 aromatic rings. The van der Waals surface area contributed by atoms with Crippen LogP contribution in [0.25, 0.3) is 5.57 Å². The maximum Gasteiger partial charge on any atom is 0.410 e. The van der Waals surface area contributed by atoms with Gasteiger partial charge in [0.15, 0.2) is 0 Å². The van der Waals surface area contributed by atoms with Gasteiger partial charge in [-0.05, 0) is 124 Å². The molecule has 3 aliphatic heterocycles. The van der Waals surface area contributed by atoms with E-state index in [0.717, 1.165) is 101 Å². The Bertz CT molecular complexity index is 2850. The Morgan fingerprint density at radius 1 is 0.818 bits per heavy atom. The SMILES string of the molecule is CC(=O)N1CCN(CCC(CSc2ccccc2)Nc2ccc(S(=O)(=O)NC(=O)c3ccc(N4CCN(CC5=C(c6ccc(Cl)cc6)CCC(C)(CN6CCN(C(=O)OC(C)(C)C)CC6)C5)CC4)cc3)cc2[N+](=O)[O-])CC1. The van der Waals surface area contributed by atoms with E-state index in [9.17, 15) is 32.9 Å². The van der Waals surface area contributed by atoms with Crippen molar-refractivity contribution in [2.75, 3.05) is 114 Å². The predicted octanol–water partition coefficient (Wildman–Crippen LogP) is 8.81. The van der Waals surface area contributed by atoms with E-state index in [2.05, 4.69) is 48.7 Å². The number of amides is 3. The number of carbonyl (C=O) groups excluding carboxylic acids is 3. The van der Waals surface area contributed by atoms with E-state index in [0.29, 0.717) is 49.9 Å². The largest absolute Gasteiger partial charge is 0.444 e. The van der Waals surface area contributed by atoms with Crippen molar-refractivity contribution in [3.8, 4) is 0 Å². The first kappa shape index (κ1) is 57.5. The minimum atomic E-state index is -4.50. The Hall–Kier alpha value is -5.70. The normalized spacial score (nSPS) is 19.7. The number of carbonyl (C=O) groups is 3. The van der Waals surface area contributed by atoms with Gasteiger partial charge in [0.2, 0.25) is 5.91 Å². The predicted molar refractivity (Wildman–Crippen MR) is 305 cm³/mol. The van der Waals surface area contributed by atoms with Gasteiger partial charge in [0.25, 0.3) is 21.6 Å². The van der Waals surface area contributed by atoms with Crippen LogP contribution in [0.4, 0.5) is 21.9 Å². The number of hydrogen-bond acceptors (Lipinski definition) is 14. The average Bonchev–Trinajstić information content (AvgIpc) is 3.41. The lowest BCUT2D eigenvalue weighted by Gasteiger charge is -2.44. The summed E-state index contributed by atoms with van der Waals surface area (Å²) in [5.41, 5.74) is 4.39. The zero-order valence-electron chi connectivity index (χ0n) is 45.0. The fourth-order valence-electron chi connectivity index (χ4n) is 10.8. The van der Waals surface area contributed by atoms with E-state index >= 15 is 0 Å². The number of nitrogens with one attached hydrogen (secondary N) is 2. The lowest BCUT2D eigenvalue weighted by atomic mass is 9.71. The monoisotopic (exact) mass is 1110 g/mol. The van der Waals surface area contributed by atoms with Gasteiger partial charge in [0.1, 0.15) is 11.3 Å². The number of hydrogen-bond donors (Lipinski definition) is 2. The number of anilines is 2. The van der Waals surface area contributed by atoms with E-state index in [-0.39, 0.29) is 34.7 Å². The van der Waals surface area contributed by atoms with Gasteiger partial charge in [-0.2, -0.15) is 0 Å². The Morgan fingerprint density at radius 2 is 1.45 bits per heavy atom. The van der Waals surface area contributed by atoms with Crippen LogP contribution < -0.4 is 14.9 Å². The van der Waals surface area contributed by atoms with Crippen molar-refractivity contribution < 1.29 is 32.5 Å². The number of sulfonamides is 1. The Balaban J connectivity index is 0.863. The zero-order chi connectivity index (χ0) is 54.9. The van der Waals surface area contributed by atoms with Crippen LogP contribution in [0.15, 0.2) is 112 Å². The molecule has 77 heavy (non-hydrogen) atoms. The maximum absolute atomic E-state index is 13.7. The summed E-state index contributed by atoms with van der Waals surface area (Å²) in [5.74, 6) is -0.204. The smallest absolute Gasteiger partial charge is 0.410 e. The lowest BCUT2D eigenvalue weighted by Crippen LogP contribution is -2.52. The highest BCUT2D eigenvalue weighted by Gasteiger charge is 2.36. The van der Waals surface area contributed by atoms with Crippen molar-refractivity contribution in [3.05, 3.63) is 129 Å². The van der Waals surface area contributed by atoms with Gasteiger partial charge in [-0.3, -0.25) is 34.4 Å². The third kappa shape index (κ3) is 16.0. The number of nitro benzene ring substituents is 1. The molecule has 2 atom stereocenters. The Morgan fingerprint density at radius 3 is 2.09 bits per heavy atom. The minimum Gasteiger partial charge on any atom is -0.444 e. The van der Waals surface area contributed by atoms with E-state index in [4.69, 9.17) is 16.3 Å². The number of ether oxygens (including phenoxy) is 1. The second kappa shape index (κ2) is 25.4. The molecule has 4 aliphatic rings. The zero-order valence-corrected chi connectivity index (χ0v) is 47.4. The maximum atomic E-state index is 13.7. The van der Waals surface area contributed by atoms with Crippen molar-refractivity contribution >= 4 is 73.9 Å². The van der Waals surface area contributed by atoms with Crippen molar-refractivity contribution in [1.29, 1.82) is 0 Å². The molecule has 414 valence electrons. The van der Waals surface area contributed by atoms with Crippen molar-refractivity contribution in [3.63, 3.8) is 0 Å². The fourth-order valence-corrected chi connectivity index (χ4v) is 12.9. The Kier molecular flexibility index (Phi) is 19.0. The molecule has 3 heterocycles. The van der Waals surface area contributed by atoms with Gasteiger partial charge >= 0.3 is 6.09 Å². The molecular weight excluding hydrogens is 1040 g/mol. The van der Waals surface area contributed by atoms with Gasteiger partial charge in [-0.25, -0.2) is 17.9 Å². The highest BCUT2D eigenvalue weighted by molar-refractivity contribution is 7.99. The first-order valence-corrected chi connectivity index (χ1v) is 29.6.